The third-order valence-corrected chi connectivity index (χ3v) is 4.89. The average Bonchev–Trinajstić information content (AvgIpc) is 2.90. The van der Waals surface area contributed by atoms with Crippen molar-refractivity contribution in [3.8, 4) is 0 Å². The predicted molar refractivity (Wildman–Crippen MR) is 80.7 cm³/mol. The number of halogens is 3. The first-order chi connectivity index (χ1) is 11.1. The van der Waals surface area contributed by atoms with Crippen LogP contribution in [0.1, 0.15) is 5.82 Å². The number of pyridine rings is 1. The summed E-state index contributed by atoms with van der Waals surface area (Å²) in [6, 6.07) is 2.81. The van der Waals surface area contributed by atoms with Crippen LogP contribution in [0.5, 0.6) is 0 Å². The Hall–Kier alpha value is -2.14. The monoisotopic (exact) mass is 363 g/mol. The van der Waals surface area contributed by atoms with E-state index in [0.29, 0.717) is 5.82 Å². The average molecular weight is 363 g/mol. The summed E-state index contributed by atoms with van der Waals surface area (Å²) in [5.41, 5.74) is 0. The van der Waals surface area contributed by atoms with E-state index >= 15 is 0 Å². The lowest BCUT2D eigenvalue weighted by Gasteiger charge is -2.13. The number of hydrogen-bond acceptors (Lipinski definition) is 5. The summed E-state index contributed by atoms with van der Waals surface area (Å²) >= 11 is 0. The zero-order valence-corrected chi connectivity index (χ0v) is 13.8. The van der Waals surface area contributed by atoms with Crippen molar-refractivity contribution in [1.82, 2.24) is 18.8 Å². The van der Waals surface area contributed by atoms with Crippen molar-refractivity contribution in [2.75, 3.05) is 19.4 Å². The Morgan fingerprint density at radius 1 is 1.25 bits per heavy atom. The molecule has 0 spiro atoms. The normalized spacial score (nSPS) is 12.6. The molecule has 0 aliphatic rings. The summed E-state index contributed by atoms with van der Waals surface area (Å²) in [5, 5.41) is 2.81. The molecule has 0 aliphatic heterocycles. The Morgan fingerprint density at radius 3 is 2.50 bits per heavy atom. The Labute approximate surface area is 137 Å². The standard InChI is InChI=1S/C13H16F3N5O2S/c1-20(2)24(22,23)10-3-4-11(18-7-10)19-8-12-17-5-6-21(12)9-13(14,15)16/h3-7H,8-9H2,1-2H3,(H,18,19). The fraction of sp³-hybridized carbons (Fsp3) is 0.385. The van der Waals surface area contributed by atoms with E-state index < -0.39 is 22.7 Å². The maximum atomic E-state index is 12.4. The van der Waals surface area contributed by atoms with Gasteiger partial charge in [0.2, 0.25) is 10.0 Å². The molecule has 2 rings (SSSR count). The SMILES string of the molecule is CN(C)S(=O)(=O)c1ccc(NCc2nccn2CC(F)(F)F)nc1. The summed E-state index contributed by atoms with van der Waals surface area (Å²) in [6.07, 6.45) is -0.636. The smallest absolute Gasteiger partial charge is 0.363 e. The van der Waals surface area contributed by atoms with Crippen molar-refractivity contribution in [2.45, 2.75) is 24.2 Å². The lowest BCUT2D eigenvalue weighted by atomic mass is 10.4. The van der Waals surface area contributed by atoms with E-state index in [4.69, 9.17) is 0 Å². The van der Waals surface area contributed by atoms with Crippen LogP contribution in [0.2, 0.25) is 0 Å². The third kappa shape index (κ3) is 4.45. The van der Waals surface area contributed by atoms with E-state index in [1.54, 1.807) is 0 Å². The molecule has 0 amide bonds. The largest absolute Gasteiger partial charge is 0.406 e. The molecule has 0 saturated heterocycles. The molecule has 0 aliphatic carbocycles. The van der Waals surface area contributed by atoms with Gasteiger partial charge in [0.25, 0.3) is 0 Å². The highest BCUT2D eigenvalue weighted by Crippen LogP contribution is 2.19. The molecular formula is C13H16F3N5O2S. The van der Waals surface area contributed by atoms with Gasteiger partial charge in [-0.3, -0.25) is 0 Å². The Balaban J connectivity index is 2.05. The van der Waals surface area contributed by atoms with Gasteiger partial charge in [-0.1, -0.05) is 0 Å². The Kier molecular flexibility index (Phi) is 5.13. The zero-order valence-electron chi connectivity index (χ0n) is 12.9. The van der Waals surface area contributed by atoms with Crippen LogP contribution in [0.3, 0.4) is 0 Å². The van der Waals surface area contributed by atoms with Crippen molar-refractivity contribution in [2.24, 2.45) is 0 Å². The van der Waals surface area contributed by atoms with Crippen molar-refractivity contribution < 1.29 is 21.6 Å². The molecular weight excluding hydrogens is 347 g/mol. The Morgan fingerprint density at radius 2 is 1.96 bits per heavy atom. The predicted octanol–water partition coefficient (Wildman–Crippen LogP) is 1.70. The van der Waals surface area contributed by atoms with E-state index in [2.05, 4.69) is 15.3 Å². The van der Waals surface area contributed by atoms with Crippen molar-refractivity contribution in [3.05, 3.63) is 36.5 Å². The van der Waals surface area contributed by atoms with Gasteiger partial charge in [0.05, 0.1) is 6.54 Å². The van der Waals surface area contributed by atoms with Gasteiger partial charge < -0.3 is 9.88 Å². The molecule has 132 valence electrons. The van der Waals surface area contributed by atoms with E-state index in [0.717, 1.165) is 8.87 Å². The molecule has 0 bridgehead atoms. The number of nitrogens with one attached hydrogen (secondary N) is 1. The molecule has 11 heteroatoms. The second kappa shape index (κ2) is 6.77. The van der Waals surface area contributed by atoms with Crippen molar-refractivity contribution >= 4 is 15.8 Å². The van der Waals surface area contributed by atoms with E-state index in [-0.39, 0.29) is 17.3 Å². The molecule has 0 radical (unpaired) electrons. The van der Waals surface area contributed by atoms with Gasteiger partial charge >= 0.3 is 6.18 Å². The van der Waals surface area contributed by atoms with Crippen LogP contribution in [0.15, 0.2) is 35.6 Å². The summed E-state index contributed by atoms with van der Waals surface area (Å²) in [6.45, 7) is -1.10. The van der Waals surface area contributed by atoms with Gasteiger partial charge in [-0.25, -0.2) is 22.7 Å². The van der Waals surface area contributed by atoms with Crippen LogP contribution in [0, 0.1) is 0 Å². The third-order valence-electron chi connectivity index (χ3n) is 3.09. The molecule has 7 nitrogen and oxygen atoms in total. The molecule has 2 aromatic rings. The van der Waals surface area contributed by atoms with E-state index in [1.807, 2.05) is 0 Å². The fourth-order valence-electron chi connectivity index (χ4n) is 1.86. The highest BCUT2D eigenvalue weighted by Gasteiger charge is 2.28. The first kappa shape index (κ1) is 18.2. The molecule has 2 aromatic heterocycles. The lowest BCUT2D eigenvalue weighted by Crippen LogP contribution is -2.22. The van der Waals surface area contributed by atoms with Crippen LogP contribution in [-0.4, -0.2) is 47.5 Å². The Bertz CT molecular complexity index is 785. The number of sulfonamides is 1. The zero-order chi connectivity index (χ0) is 18.0. The lowest BCUT2D eigenvalue weighted by molar-refractivity contribution is -0.141. The van der Waals surface area contributed by atoms with Crippen molar-refractivity contribution in [3.63, 3.8) is 0 Å². The minimum Gasteiger partial charge on any atom is -0.363 e. The summed E-state index contributed by atoms with van der Waals surface area (Å²) in [7, 11) is -0.768. The van der Waals surface area contributed by atoms with Gasteiger partial charge in [0, 0.05) is 32.7 Å². The highest BCUT2D eigenvalue weighted by atomic mass is 32.2. The summed E-state index contributed by atoms with van der Waals surface area (Å²) in [5.74, 6) is 0.522. The molecule has 0 atom stereocenters. The summed E-state index contributed by atoms with van der Waals surface area (Å²) < 4.78 is 63.2. The van der Waals surface area contributed by atoms with E-state index in [1.165, 1.54) is 44.8 Å². The maximum absolute atomic E-state index is 12.4. The fourth-order valence-corrected chi connectivity index (χ4v) is 2.71. The van der Waals surface area contributed by atoms with Gasteiger partial charge in [-0.05, 0) is 12.1 Å². The number of nitrogens with zero attached hydrogens (tertiary/aromatic N) is 4. The minimum atomic E-state index is -4.34. The number of alkyl halides is 3. The van der Waals surface area contributed by atoms with Crippen LogP contribution >= 0.6 is 0 Å². The van der Waals surface area contributed by atoms with Gasteiger partial charge in [0.15, 0.2) is 0 Å². The molecule has 0 unspecified atom stereocenters. The van der Waals surface area contributed by atoms with Gasteiger partial charge in [-0.15, -0.1) is 0 Å². The molecule has 0 fully saturated rings. The van der Waals surface area contributed by atoms with Crippen molar-refractivity contribution in [1.29, 1.82) is 0 Å². The molecule has 2 heterocycles. The second-order valence-electron chi connectivity index (χ2n) is 5.11. The maximum Gasteiger partial charge on any atom is 0.406 e. The van der Waals surface area contributed by atoms with Crippen LogP contribution in [-0.2, 0) is 23.1 Å². The van der Waals surface area contributed by atoms with Gasteiger partial charge in [-0.2, -0.15) is 13.2 Å². The highest BCUT2D eigenvalue weighted by molar-refractivity contribution is 7.89. The first-order valence-corrected chi connectivity index (χ1v) is 8.23. The van der Waals surface area contributed by atoms with Crippen LogP contribution < -0.4 is 5.32 Å². The molecule has 1 N–H and O–H groups in total. The number of hydrogen-bond donors (Lipinski definition) is 1. The quantitative estimate of drug-likeness (QED) is 0.845. The van der Waals surface area contributed by atoms with Crippen LogP contribution in [0.4, 0.5) is 19.0 Å². The second-order valence-corrected chi connectivity index (χ2v) is 7.26. The topological polar surface area (TPSA) is 80.1 Å². The van der Waals surface area contributed by atoms with Crippen LogP contribution in [0.25, 0.3) is 0 Å². The first-order valence-electron chi connectivity index (χ1n) is 6.79. The minimum absolute atomic E-state index is 0.0237. The van der Waals surface area contributed by atoms with Gasteiger partial charge in [0.1, 0.15) is 23.1 Å². The summed E-state index contributed by atoms with van der Waals surface area (Å²) in [4.78, 5) is 7.85. The molecule has 24 heavy (non-hydrogen) atoms. The molecule has 0 saturated carbocycles. The number of rotatable bonds is 6. The number of aromatic nitrogens is 3. The molecule has 0 aromatic carbocycles. The number of anilines is 1. The number of imidazole rings is 1. The van der Waals surface area contributed by atoms with E-state index in [9.17, 15) is 21.6 Å².